The van der Waals surface area contributed by atoms with Crippen molar-refractivity contribution in [3.63, 3.8) is 0 Å². The Kier molecular flexibility index (Phi) is 4.57. The topological polar surface area (TPSA) is 24.7 Å². The summed E-state index contributed by atoms with van der Waals surface area (Å²) in [7, 11) is 0. The average molecular weight is 256 g/mol. The number of piperidine rings is 1. The highest BCUT2D eigenvalue weighted by Crippen LogP contribution is 2.18. The standard InChI is InChI=1S/C16H20N2O/c1-13-7-6-10-18(12-13)16(19)15(17-2)11-14-8-4-3-5-9-14/h3-5,8-9,13,15H,6-7,10-12H2,1H3. The fourth-order valence-electron chi connectivity index (χ4n) is 2.63. The molecule has 0 saturated carbocycles. The van der Waals surface area contributed by atoms with Crippen LogP contribution in [0.1, 0.15) is 25.3 Å². The van der Waals surface area contributed by atoms with Gasteiger partial charge in [-0.2, -0.15) is 0 Å². The van der Waals surface area contributed by atoms with Crippen LogP contribution in [0, 0.1) is 12.5 Å². The Balaban J connectivity index is 2.01. The third-order valence-corrected chi connectivity index (χ3v) is 3.68. The zero-order valence-electron chi connectivity index (χ0n) is 11.4. The van der Waals surface area contributed by atoms with Crippen LogP contribution in [0.3, 0.4) is 0 Å². The smallest absolute Gasteiger partial charge is 0.306 e. The maximum Gasteiger partial charge on any atom is 0.306 e. The molecule has 1 saturated heterocycles. The Morgan fingerprint density at radius 1 is 1.47 bits per heavy atom. The van der Waals surface area contributed by atoms with E-state index in [2.05, 4.69) is 11.8 Å². The number of hydrogen-bond acceptors (Lipinski definition) is 1. The lowest BCUT2D eigenvalue weighted by atomic mass is 9.98. The maximum atomic E-state index is 12.4. The van der Waals surface area contributed by atoms with Crippen molar-refractivity contribution < 1.29 is 4.79 Å². The highest BCUT2D eigenvalue weighted by atomic mass is 16.2. The lowest BCUT2D eigenvalue weighted by Gasteiger charge is -2.30. The van der Waals surface area contributed by atoms with Gasteiger partial charge >= 0.3 is 11.9 Å². The van der Waals surface area contributed by atoms with E-state index in [1.807, 2.05) is 35.2 Å². The first-order valence-corrected chi connectivity index (χ1v) is 6.90. The van der Waals surface area contributed by atoms with E-state index in [4.69, 9.17) is 6.57 Å². The molecule has 1 aliphatic heterocycles. The van der Waals surface area contributed by atoms with Gasteiger partial charge in [-0.3, -0.25) is 4.79 Å². The molecule has 1 fully saturated rings. The number of carbonyl (C=O) groups is 1. The molecule has 2 atom stereocenters. The Morgan fingerprint density at radius 2 is 2.21 bits per heavy atom. The van der Waals surface area contributed by atoms with Gasteiger partial charge in [-0.25, -0.2) is 6.57 Å². The Morgan fingerprint density at radius 3 is 2.84 bits per heavy atom. The summed E-state index contributed by atoms with van der Waals surface area (Å²) < 4.78 is 0. The lowest BCUT2D eigenvalue weighted by Crippen LogP contribution is -2.44. The molecule has 2 unspecified atom stereocenters. The largest absolute Gasteiger partial charge is 0.336 e. The van der Waals surface area contributed by atoms with Crippen molar-refractivity contribution in [2.45, 2.75) is 32.2 Å². The van der Waals surface area contributed by atoms with Crippen molar-refractivity contribution in [2.24, 2.45) is 5.92 Å². The molecule has 0 N–H and O–H groups in total. The minimum Gasteiger partial charge on any atom is -0.336 e. The second-order valence-corrected chi connectivity index (χ2v) is 5.37. The van der Waals surface area contributed by atoms with Crippen LogP contribution in [0.15, 0.2) is 30.3 Å². The van der Waals surface area contributed by atoms with Crippen molar-refractivity contribution in [2.75, 3.05) is 13.1 Å². The molecule has 1 heterocycles. The first-order valence-electron chi connectivity index (χ1n) is 6.90. The van der Waals surface area contributed by atoms with Gasteiger partial charge in [0.05, 0.1) is 6.42 Å². The highest BCUT2D eigenvalue weighted by molar-refractivity contribution is 5.84. The molecule has 1 amide bonds. The zero-order chi connectivity index (χ0) is 13.7. The number of carbonyl (C=O) groups excluding carboxylic acids is 1. The van der Waals surface area contributed by atoms with E-state index < -0.39 is 6.04 Å². The van der Waals surface area contributed by atoms with Crippen molar-refractivity contribution >= 4 is 5.91 Å². The molecule has 2 rings (SSSR count). The Hall–Kier alpha value is -1.82. The van der Waals surface area contributed by atoms with Gasteiger partial charge in [0.1, 0.15) is 0 Å². The van der Waals surface area contributed by atoms with Crippen LogP contribution in [0.25, 0.3) is 4.85 Å². The number of benzene rings is 1. The Bertz CT molecular complexity index is 463. The van der Waals surface area contributed by atoms with Gasteiger partial charge in [-0.05, 0) is 24.3 Å². The average Bonchev–Trinajstić information content (AvgIpc) is 2.45. The van der Waals surface area contributed by atoms with Crippen LogP contribution in [-0.2, 0) is 11.2 Å². The molecule has 0 aliphatic carbocycles. The summed E-state index contributed by atoms with van der Waals surface area (Å²) in [6.07, 6.45) is 2.77. The maximum absolute atomic E-state index is 12.4. The number of nitrogens with zero attached hydrogens (tertiary/aromatic N) is 2. The van der Waals surface area contributed by atoms with Crippen LogP contribution in [0.2, 0.25) is 0 Å². The van der Waals surface area contributed by atoms with E-state index >= 15 is 0 Å². The first kappa shape index (κ1) is 13.6. The van der Waals surface area contributed by atoms with E-state index in [1.165, 1.54) is 6.42 Å². The van der Waals surface area contributed by atoms with Crippen LogP contribution in [-0.4, -0.2) is 29.9 Å². The third kappa shape index (κ3) is 3.57. The molecule has 19 heavy (non-hydrogen) atoms. The summed E-state index contributed by atoms with van der Waals surface area (Å²) in [5.74, 6) is 0.561. The molecule has 1 aromatic carbocycles. The molecule has 0 radical (unpaired) electrons. The highest BCUT2D eigenvalue weighted by Gasteiger charge is 2.31. The molecule has 1 aromatic rings. The molecule has 3 nitrogen and oxygen atoms in total. The fourth-order valence-corrected chi connectivity index (χ4v) is 2.63. The molecule has 3 heteroatoms. The number of amides is 1. The van der Waals surface area contributed by atoms with Gasteiger partial charge in [0.25, 0.3) is 0 Å². The summed E-state index contributed by atoms with van der Waals surface area (Å²) in [5, 5.41) is 0. The Labute approximate surface area is 115 Å². The molecular weight excluding hydrogens is 236 g/mol. The van der Waals surface area contributed by atoms with Crippen molar-refractivity contribution in [1.29, 1.82) is 0 Å². The van der Waals surface area contributed by atoms with Crippen LogP contribution in [0.5, 0.6) is 0 Å². The fraction of sp³-hybridized carbons (Fsp3) is 0.500. The zero-order valence-corrected chi connectivity index (χ0v) is 11.4. The van der Waals surface area contributed by atoms with Gasteiger partial charge < -0.3 is 9.74 Å². The number of hydrogen-bond donors (Lipinski definition) is 0. The van der Waals surface area contributed by atoms with Gasteiger partial charge in [0.15, 0.2) is 0 Å². The SMILES string of the molecule is [C-]#[N+]C(Cc1ccccc1)C(=O)N1CCCC(C)C1. The predicted molar refractivity (Wildman–Crippen MR) is 75.5 cm³/mol. The van der Waals surface area contributed by atoms with E-state index in [0.29, 0.717) is 12.3 Å². The second kappa shape index (κ2) is 6.38. The number of rotatable bonds is 3. The molecule has 0 spiro atoms. The van der Waals surface area contributed by atoms with Crippen molar-refractivity contribution in [1.82, 2.24) is 4.90 Å². The monoisotopic (exact) mass is 256 g/mol. The minimum atomic E-state index is -0.562. The normalized spacial score (nSPS) is 20.6. The van der Waals surface area contributed by atoms with Gasteiger partial charge in [0.2, 0.25) is 0 Å². The summed E-state index contributed by atoms with van der Waals surface area (Å²) in [6, 6.07) is 9.24. The predicted octanol–water partition coefficient (Wildman–Crippen LogP) is 2.78. The van der Waals surface area contributed by atoms with E-state index in [0.717, 1.165) is 25.1 Å². The summed E-state index contributed by atoms with van der Waals surface area (Å²) in [4.78, 5) is 17.8. The van der Waals surface area contributed by atoms with Crippen LogP contribution >= 0.6 is 0 Å². The molecule has 1 aliphatic rings. The summed E-state index contributed by atoms with van der Waals surface area (Å²) in [6.45, 7) is 11.1. The van der Waals surface area contributed by atoms with Gasteiger partial charge in [-0.1, -0.05) is 37.3 Å². The van der Waals surface area contributed by atoms with E-state index in [9.17, 15) is 4.79 Å². The third-order valence-electron chi connectivity index (χ3n) is 3.68. The van der Waals surface area contributed by atoms with E-state index in [-0.39, 0.29) is 5.91 Å². The first-order chi connectivity index (χ1) is 9.20. The van der Waals surface area contributed by atoms with E-state index in [1.54, 1.807) is 0 Å². The van der Waals surface area contributed by atoms with Gasteiger partial charge in [-0.15, -0.1) is 0 Å². The molecule has 0 bridgehead atoms. The van der Waals surface area contributed by atoms with Crippen LogP contribution < -0.4 is 0 Å². The van der Waals surface area contributed by atoms with Crippen molar-refractivity contribution in [3.05, 3.63) is 47.3 Å². The van der Waals surface area contributed by atoms with Crippen molar-refractivity contribution in [3.8, 4) is 0 Å². The molecule has 0 aromatic heterocycles. The number of likely N-dealkylation sites (tertiary alicyclic amines) is 1. The lowest BCUT2D eigenvalue weighted by molar-refractivity contribution is -0.133. The summed E-state index contributed by atoms with van der Waals surface area (Å²) in [5.41, 5.74) is 1.06. The van der Waals surface area contributed by atoms with Crippen LogP contribution in [0.4, 0.5) is 0 Å². The summed E-state index contributed by atoms with van der Waals surface area (Å²) >= 11 is 0. The molecular formula is C16H20N2O. The minimum absolute atomic E-state index is 0.00500. The second-order valence-electron chi connectivity index (χ2n) is 5.37. The molecule has 100 valence electrons. The van der Waals surface area contributed by atoms with Gasteiger partial charge in [0, 0.05) is 13.1 Å². The quantitative estimate of drug-likeness (QED) is 0.763.